The summed E-state index contributed by atoms with van der Waals surface area (Å²) in [6.45, 7) is 2.89. The molecule has 3 heteroatoms. The van der Waals surface area contributed by atoms with Crippen molar-refractivity contribution in [1.82, 2.24) is 5.32 Å². The molecule has 3 nitrogen and oxygen atoms in total. The van der Waals surface area contributed by atoms with E-state index in [9.17, 15) is 0 Å². The maximum atomic E-state index is 6.79. The molecule has 59 valence electrons. The minimum atomic E-state index is -0.0449. The summed E-state index contributed by atoms with van der Waals surface area (Å²) in [5, 5.41) is 10.5. The molecular weight excluding hydrogens is 126 g/mol. The Morgan fingerprint density at radius 1 is 1.40 bits per heavy atom. The third kappa shape index (κ3) is 7.27. The molecule has 0 aromatic heterocycles. The van der Waals surface area contributed by atoms with Crippen molar-refractivity contribution in [2.45, 2.75) is 32.6 Å². The van der Waals surface area contributed by atoms with Crippen LogP contribution in [0.5, 0.6) is 0 Å². The van der Waals surface area contributed by atoms with Gasteiger partial charge >= 0.3 is 0 Å². The minimum absolute atomic E-state index is 0.0449. The Hall–Kier alpha value is -0.730. The molecule has 0 aromatic rings. The lowest BCUT2D eigenvalue weighted by atomic mass is 10.2. The van der Waals surface area contributed by atoms with E-state index in [1.807, 2.05) is 0 Å². The first-order chi connectivity index (χ1) is 4.77. The molecule has 0 amide bonds. The predicted molar refractivity (Wildman–Crippen MR) is 43.1 cm³/mol. The summed E-state index contributed by atoms with van der Waals surface area (Å²) >= 11 is 0. The Kier molecular flexibility index (Phi) is 5.92. The van der Waals surface area contributed by atoms with Crippen LogP contribution in [0.4, 0.5) is 0 Å². The molecule has 0 fully saturated rings. The lowest BCUT2D eigenvalue weighted by molar-refractivity contribution is 0.649. The third-order valence-corrected chi connectivity index (χ3v) is 1.29. The van der Waals surface area contributed by atoms with Gasteiger partial charge in [-0.2, -0.15) is 0 Å². The fraction of sp³-hybridized carbons (Fsp3) is 0.857. The Morgan fingerprint density at radius 2 is 2.10 bits per heavy atom. The summed E-state index contributed by atoms with van der Waals surface area (Å²) < 4.78 is 0. The molecule has 1 radical (unpaired) electrons. The van der Waals surface area contributed by atoms with Gasteiger partial charge in [0.05, 0.1) is 0 Å². The fourth-order valence-corrected chi connectivity index (χ4v) is 0.738. The zero-order valence-corrected chi connectivity index (χ0v) is 6.56. The summed E-state index contributed by atoms with van der Waals surface area (Å²) in [5.74, 6) is -0.0449. The van der Waals surface area contributed by atoms with Gasteiger partial charge in [0, 0.05) is 6.54 Å². The maximum Gasteiger partial charge on any atom is 0.207 e. The summed E-state index contributed by atoms with van der Waals surface area (Å²) in [4.78, 5) is 0. The quantitative estimate of drug-likeness (QED) is 0.336. The summed E-state index contributed by atoms with van der Waals surface area (Å²) in [6.07, 6.45) is 4.76. The van der Waals surface area contributed by atoms with Crippen molar-refractivity contribution in [2.75, 3.05) is 6.54 Å². The molecule has 3 N–H and O–H groups in total. The van der Waals surface area contributed by atoms with E-state index >= 15 is 0 Å². The number of nitrogens with one attached hydrogen (secondary N) is 1. The topological polar surface area (TPSA) is 64.0 Å². The molecule has 0 saturated carbocycles. The largest absolute Gasteiger partial charge is 0.369 e. The average Bonchev–Trinajstić information content (AvgIpc) is 1.87. The number of nitrogens with zero attached hydrogens (tertiary/aromatic N) is 1. The van der Waals surface area contributed by atoms with Crippen LogP contribution >= 0.6 is 0 Å². The molecule has 10 heavy (non-hydrogen) atoms. The second-order valence-corrected chi connectivity index (χ2v) is 2.33. The number of rotatable bonds is 5. The summed E-state index contributed by atoms with van der Waals surface area (Å²) in [6, 6.07) is 0. The normalized spacial score (nSPS) is 9.30. The van der Waals surface area contributed by atoms with Crippen LogP contribution in [0.25, 0.3) is 0 Å². The molecule has 0 bridgehead atoms. The molecule has 0 aliphatic carbocycles. The highest BCUT2D eigenvalue weighted by Crippen LogP contribution is 1.96. The molecule has 0 aliphatic rings. The number of guanidine groups is 1. The first kappa shape index (κ1) is 9.27. The van der Waals surface area contributed by atoms with Crippen LogP contribution < -0.4 is 11.1 Å². The molecule has 0 atom stereocenters. The van der Waals surface area contributed by atoms with Gasteiger partial charge in [-0.25, -0.2) is 0 Å². The highest BCUT2D eigenvalue weighted by atomic mass is 15.0. The van der Waals surface area contributed by atoms with E-state index in [0.29, 0.717) is 0 Å². The summed E-state index contributed by atoms with van der Waals surface area (Å²) in [5.41, 5.74) is 5.02. The zero-order chi connectivity index (χ0) is 7.82. The Balaban J connectivity index is 2.84. The van der Waals surface area contributed by atoms with Gasteiger partial charge in [-0.05, 0) is 6.42 Å². The molecule has 0 heterocycles. The van der Waals surface area contributed by atoms with Crippen LogP contribution in [-0.4, -0.2) is 12.5 Å². The molecule has 0 unspecified atom stereocenters. The SMILES string of the molecule is CCCCCC[N]C(=N)N. The minimum Gasteiger partial charge on any atom is -0.369 e. The Morgan fingerprint density at radius 3 is 2.60 bits per heavy atom. The average molecular weight is 142 g/mol. The van der Waals surface area contributed by atoms with Crippen molar-refractivity contribution in [3.63, 3.8) is 0 Å². The highest BCUT2D eigenvalue weighted by Gasteiger charge is 1.89. The molecule has 0 aromatic carbocycles. The zero-order valence-electron chi connectivity index (χ0n) is 6.56. The predicted octanol–water partition coefficient (Wildman–Crippen LogP) is 1.06. The van der Waals surface area contributed by atoms with Crippen LogP contribution in [0.2, 0.25) is 0 Å². The van der Waals surface area contributed by atoms with E-state index in [2.05, 4.69) is 12.2 Å². The van der Waals surface area contributed by atoms with E-state index in [-0.39, 0.29) is 5.96 Å². The van der Waals surface area contributed by atoms with Crippen LogP contribution in [0, 0.1) is 5.41 Å². The molecular formula is C7H16N3. The van der Waals surface area contributed by atoms with Gasteiger partial charge in [0.15, 0.2) is 0 Å². The maximum absolute atomic E-state index is 6.79. The van der Waals surface area contributed by atoms with E-state index < -0.39 is 0 Å². The second kappa shape index (κ2) is 6.39. The van der Waals surface area contributed by atoms with Gasteiger partial charge < -0.3 is 5.73 Å². The number of hydrogen-bond acceptors (Lipinski definition) is 1. The van der Waals surface area contributed by atoms with Gasteiger partial charge in [-0.1, -0.05) is 26.2 Å². The first-order valence-electron chi connectivity index (χ1n) is 3.79. The highest BCUT2D eigenvalue weighted by molar-refractivity contribution is 5.73. The van der Waals surface area contributed by atoms with Gasteiger partial charge in [0.1, 0.15) is 0 Å². The number of unbranched alkanes of at least 4 members (excludes halogenated alkanes) is 3. The molecule has 0 spiro atoms. The van der Waals surface area contributed by atoms with Crippen molar-refractivity contribution in [1.29, 1.82) is 5.41 Å². The van der Waals surface area contributed by atoms with E-state index in [1.54, 1.807) is 0 Å². The monoisotopic (exact) mass is 142 g/mol. The van der Waals surface area contributed by atoms with Crippen molar-refractivity contribution in [2.24, 2.45) is 5.73 Å². The standard InChI is InChI=1S/C7H16N3/c1-2-3-4-5-6-10-7(8)9/h2-6H2,1H3,(H3,8,9). The third-order valence-electron chi connectivity index (χ3n) is 1.29. The van der Waals surface area contributed by atoms with Gasteiger partial charge in [-0.15, -0.1) is 0 Å². The van der Waals surface area contributed by atoms with E-state index in [1.165, 1.54) is 19.3 Å². The molecule has 0 rings (SSSR count). The van der Waals surface area contributed by atoms with Crippen LogP contribution in [-0.2, 0) is 0 Å². The van der Waals surface area contributed by atoms with Gasteiger partial charge in [0.25, 0.3) is 0 Å². The number of nitrogens with two attached hydrogens (primary N) is 1. The van der Waals surface area contributed by atoms with Gasteiger partial charge in [0.2, 0.25) is 5.96 Å². The van der Waals surface area contributed by atoms with E-state index in [4.69, 9.17) is 11.1 Å². The smallest absolute Gasteiger partial charge is 0.207 e. The summed E-state index contributed by atoms with van der Waals surface area (Å²) in [7, 11) is 0. The number of hydrogen-bond donors (Lipinski definition) is 2. The second-order valence-electron chi connectivity index (χ2n) is 2.33. The van der Waals surface area contributed by atoms with Crippen molar-refractivity contribution in [3.8, 4) is 0 Å². The van der Waals surface area contributed by atoms with E-state index in [0.717, 1.165) is 13.0 Å². The Bertz CT molecular complexity index is 90.9. The van der Waals surface area contributed by atoms with Crippen LogP contribution in [0.15, 0.2) is 0 Å². The van der Waals surface area contributed by atoms with Crippen molar-refractivity contribution >= 4 is 5.96 Å². The fourth-order valence-electron chi connectivity index (χ4n) is 0.738. The van der Waals surface area contributed by atoms with Gasteiger partial charge in [-0.3, -0.25) is 10.7 Å². The van der Waals surface area contributed by atoms with Crippen LogP contribution in [0.1, 0.15) is 32.6 Å². The van der Waals surface area contributed by atoms with Crippen molar-refractivity contribution in [3.05, 3.63) is 0 Å². The molecule has 0 saturated heterocycles. The molecule has 0 aliphatic heterocycles. The first-order valence-corrected chi connectivity index (χ1v) is 3.79. The van der Waals surface area contributed by atoms with Crippen molar-refractivity contribution < 1.29 is 0 Å². The Labute approximate surface area is 62.5 Å². The van der Waals surface area contributed by atoms with Crippen LogP contribution in [0.3, 0.4) is 0 Å². The lowest BCUT2D eigenvalue weighted by Crippen LogP contribution is -2.24. The lowest BCUT2D eigenvalue weighted by Gasteiger charge is -1.98.